The highest BCUT2D eigenvalue weighted by molar-refractivity contribution is 14.1. The number of rotatable bonds is 17. The smallest absolute Gasteiger partial charge is 0.253 e. The maximum Gasteiger partial charge on any atom is 0.253 e. The Labute approximate surface area is 255 Å². The van der Waals surface area contributed by atoms with Gasteiger partial charge >= 0.3 is 0 Å². The number of nitrogens with zero attached hydrogens (tertiary/aromatic N) is 2. The summed E-state index contributed by atoms with van der Waals surface area (Å²) in [5.74, 6) is 0.404. The number of carbonyl (C=O) groups excluding carboxylic acids is 2. The van der Waals surface area contributed by atoms with Gasteiger partial charge in [-0.1, -0.05) is 82.9 Å². The van der Waals surface area contributed by atoms with Gasteiger partial charge in [-0.15, -0.1) is 0 Å². The molecule has 0 aliphatic carbocycles. The first-order valence-electron chi connectivity index (χ1n) is 15.3. The van der Waals surface area contributed by atoms with E-state index in [1.807, 2.05) is 53.4 Å². The van der Waals surface area contributed by atoms with Crippen molar-refractivity contribution in [1.82, 2.24) is 15.3 Å². The van der Waals surface area contributed by atoms with E-state index in [1.165, 1.54) is 62.9 Å². The van der Waals surface area contributed by atoms with Crippen molar-refractivity contribution in [1.29, 1.82) is 0 Å². The van der Waals surface area contributed by atoms with Crippen LogP contribution in [-0.2, 0) is 6.54 Å². The van der Waals surface area contributed by atoms with Crippen LogP contribution < -0.4 is 5.32 Å². The molecule has 1 aliphatic heterocycles. The van der Waals surface area contributed by atoms with Gasteiger partial charge in [0.1, 0.15) is 0 Å². The van der Waals surface area contributed by atoms with Gasteiger partial charge < -0.3 is 15.4 Å². The van der Waals surface area contributed by atoms with Gasteiger partial charge in [-0.3, -0.25) is 9.59 Å². The molecule has 2 aromatic rings. The molecule has 0 saturated carbocycles. The van der Waals surface area contributed by atoms with E-state index in [0.717, 1.165) is 40.5 Å². The molecule has 1 fully saturated rings. The van der Waals surface area contributed by atoms with Crippen LogP contribution in [0.15, 0.2) is 48.5 Å². The highest BCUT2D eigenvalue weighted by Gasteiger charge is 2.25. The lowest BCUT2D eigenvalue weighted by atomic mass is 9.96. The lowest BCUT2D eigenvalue weighted by Crippen LogP contribution is -2.41. The number of unbranched alkanes of at least 4 members (excludes halogenated alkanes) is 9. The van der Waals surface area contributed by atoms with Gasteiger partial charge in [0.15, 0.2) is 0 Å². The summed E-state index contributed by atoms with van der Waals surface area (Å²) < 4.78 is 1.06. The molecular formula is C33H48IN3O3. The van der Waals surface area contributed by atoms with Crippen molar-refractivity contribution in [3.05, 3.63) is 68.8 Å². The molecule has 1 heterocycles. The van der Waals surface area contributed by atoms with Crippen LogP contribution in [0.5, 0.6) is 0 Å². The molecule has 0 aromatic heterocycles. The number of piperidine rings is 1. The molecule has 1 saturated heterocycles. The molecule has 0 atom stereocenters. The largest absolute Gasteiger partial charge is 0.352 e. The van der Waals surface area contributed by atoms with E-state index in [4.69, 9.17) is 0 Å². The summed E-state index contributed by atoms with van der Waals surface area (Å²) >= 11 is 2.23. The lowest BCUT2D eigenvalue weighted by molar-refractivity contribution is -0.113. The Bertz CT molecular complexity index is 1020. The number of likely N-dealkylation sites (tertiary alicyclic amines) is 1. The van der Waals surface area contributed by atoms with E-state index in [2.05, 4.69) is 34.8 Å². The number of hydrogen-bond acceptors (Lipinski definition) is 4. The fourth-order valence-corrected chi connectivity index (χ4v) is 5.92. The van der Waals surface area contributed by atoms with Crippen LogP contribution in [0.2, 0.25) is 0 Å². The number of nitrogens with one attached hydrogen (secondary N) is 1. The van der Waals surface area contributed by atoms with Crippen molar-refractivity contribution in [2.24, 2.45) is 5.92 Å². The highest BCUT2D eigenvalue weighted by atomic mass is 127. The molecule has 0 bridgehead atoms. The van der Waals surface area contributed by atoms with Crippen LogP contribution in [0, 0.1) is 9.49 Å². The molecule has 2 amide bonds. The van der Waals surface area contributed by atoms with Crippen LogP contribution in [-0.4, -0.2) is 53.2 Å². The molecule has 6 nitrogen and oxygen atoms in total. The Morgan fingerprint density at radius 1 is 0.900 bits per heavy atom. The molecule has 3 rings (SSSR count). The third kappa shape index (κ3) is 11.9. The Morgan fingerprint density at radius 2 is 1.52 bits per heavy atom. The summed E-state index contributed by atoms with van der Waals surface area (Å²) in [6, 6.07) is 15.2. The second-order valence-electron chi connectivity index (χ2n) is 11.2. The molecule has 7 heteroatoms. The van der Waals surface area contributed by atoms with Gasteiger partial charge in [-0.2, -0.15) is 5.06 Å². The van der Waals surface area contributed by atoms with Crippen LogP contribution in [0.3, 0.4) is 0 Å². The van der Waals surface area contributed by atoms with Gasteiger partial charge in [-0.25, -0.2) is 0 Å². The van der Waals surface area contributed by atoms with E-state index >= 15 is 0 Å². The summed E-state index contributed by atoms with van der Waals surface area (Å²) in [5, 5.41) is 15.0. The maximum atomic E-state index is 12.8. The average Bonchev–Trinajstić information content (AvgIpc) is 2.96. The Hall–Kier alpha value is -1.97. The third-order valence-corrected chi connectivity index (χ3v) is 8.51. The average molecular weight is 662 g/mol. The summed E-state index contributed by atoms with van der Waals surface area (Å²) in [4.78, 5) is 27.2. The van der Waals surface area contributed by atoms with Gasteiger partial charge in [-0.05, 0) is 83.7 Å². The zero-order valence-corrected chi connectivity index (χ0v) is 26.4. The summed E-state index contributed by atoms with van der Waals surface area (Å²) in [6.07, 6.45) is 14.6. The van der Waals surface area contributed by atoms with Gasteiger partial charge in [0.2, 0.25) is 0 Å². The first kappa shape index (κ1) is 32.5. The Morgan fingerprint density at radius 3 is 2.15 bits per heavy atom. The van der Waals surface area contributed by atoms with E-state index < -0.39 is 0 Å². The van der Waals surface area contributed by atoms with E-state index in [9.17, 15) is 14.8 Å². The first-order valence-corrected chi connectivity index (χ1v) is 16.4. The molecule has 2 N–H and O–H groups in total. The first-order chi connectivity index (χ1) is 19.5. The predicted octanol–water partition coefficient (Wildman–Crippen LogP) is 7.69. The number of benzene rings is 2. The SMILES string of the molecule is CCCCCCCCCCCCNC(=O)c1ccc(CN(O)CC2CCN(C(=O)c3cccc(I)c3)CC2)cc1. The molecule has 1 aliphatic rings. The number of hydrogen-bond donors (Lipinski definition) is 2. The summed E-state index contributed by atoms with van der Waals surface area (Å²) in [6.45, 7) is 5.40. The van der Waals surface area contributed by atoms with E-state index in [1.54, 1.807) is 0 Å². The van der Waals surface area contributed by atoms with Crippen molar-refractivity contribution in [3.8, 4) is 0 Å². The van der Waals surface area contributed by atoms with Crippen LogP contribution >= 0.6 is 22.6 Å². The standard InChI is InChI=1S/C33H48IN3O3/c1-2-3-4-5-6-7-8-9-10-11-21-35-32(38)29-17-15-27(16-18-29)25-37(40)26-28-19-22-36(23-20-28)33(39)30-13-12-14-31(34)24-30/h12-18,24,28,40H,2-11,19-23,25-26H2,1H3,(H,35,38). The minimum Gasteiger partial charge on any atom is -0.352 e. The molecule has 2 aromatic carbocycles. The second kappa shape index (κ2) is 18.5. The van der Waals surface area contributed by atoms with Gasteiger partial charge in [0.25, 0.3) is 11.8 Å². The molecule has 0 unspecified atom stereocenters. The Balaban J connectivity index is 1.27. The number of amides is 2. The van der Waals surface area contributed by atoms with E-state index in [-0.39, 0.29) is 11.8 Å². The normalized spacial score (nSPS) is 14.1. The fraction of sp³-hybridized carbons (Fsp3) is 0.576. The van der Waals surface area contributed by atoms with Crippen molar-refractivity contribution in [3.63, 3.8) is 0 Å². The quantitative estimate of drug-likeness (QED) is 0.104. The van der Waals surface area contributed by atoms with Crippen molar-refractivity contribution >= 4 is 34.4 Å². The number of carbonyl (C=O) groups is 2. The summed E-state index contributed by atoms with van der Waals surface area (Å²) in [5.41, 5.74) is 2.37. The topological polar surface area (TPSA) is 72.9 Å². The highest BCUT2D eigenvalue weighted by Crippen LogP contribution is 2.21. The molecule has 0 radical (unpaired) electrons. The molecular weight excluding hydrogens is 613 g/mol. The predicted molar refractivity (Wildman–Crippen MR) is 171 cm³/mol. The van der Waals surface area contributed by atoms with Crippen LogP contribution in [0.1, 0.15) is 110 Å². The van der Waals surface area contributed by atoms with Gasteiger partial charge in [0, 0.05) is 47.4 Å². The van der Waals surface area contributed by atoms with Crippen molar-refractivity contribution < 1.29 is 14.8 Å². The van der Waals surface area contributed by atoms with E-state index in [0.29, 0.717) is 37.7 Å². The molecule has 0 spiro atoms. The third-order valence-electron chi connectivity index (χ3n) is 7.84. The van der Waals surface area contributed by atoms with Crippen molar-refractivity contribution in [2.75, 3.05) is 26.2 Å². The number of halogens is 1. The lowest BCUT2D eigenvalue weighted by Gasteiger charge is -2.33. The van der Waals surface area contributed by atoms with Crippen molar-refractivity contribution in [2.45, 2.75) is 90.5 Å². The maximum absolute atomic E-state index is 12.8. The van der Waals surface area contributed by atoms with Gasteiger partial charge in [0.05, 0.1) is 0 Å². The number of hydroxylamine groups is 2. The van der Waals surface area contributed by atoms with Crippen LogP contribution in [0.4, 0.5) is 0 Å². The molecule has 220 valence electrons. The second-order valence-corrected chi connectivity index (χ2v) is 12.5. The van der Waals surface area contributed by atoms with Crippen LogP contribution in [0.25, 0.3) is 0 Å². The zero-order chi connectivity index (χ0) is 28.6. The molecule has 40 heavy (non-hydrogen) atoms. The Kier molecular flexibility index (Phi) is 15.0. The zero-order valence-electron chi connectivity index (χ0n) is 24.3. The summed E-state index contributed by atoms with van der Waals surface area (Å²) in [7, 11) is 0. The minimum absolute atomic E-state index is 0.0325. The minimum atomic E-state index is -0.0325. The monoisotopic (exact) mass is 661 g/mol. The fourth-order valence-electron chi connectivity index (χ4n) is 5.37.